The molecule has 3 radical (unpaired) electrons. The molecule has 1 unspecified atom stereocenters. The summed E-state index contributed by atoms with van der Waals surface area (Å²) >= 11 is 1.28. The van der Waals surface area contributed by atoms with E-state index in [0.29, 0.717) is 5.95 Å². The molecule has 0 aliphatic heterocycles. The van der Waals surface area contributed by atoms with Gasteiger partial charge < -0.3 is 0 Å². The second-order valence-corrected chi connectivity index (χ2v) is 3.17. The van der Waals surface area contributed by atoms with E-state index in [-0.39, 0.29) is 4.12 Å². The van der Waals surface area contributed by atoms with Crippen LogP contribution in [0.15, 0.2) is 12.0 Å². The maximum absolute atomic E-state index is 4.99. The van der Waals surface area contributed by atoms with Crippen LogP contribution in [0.1, 0.15) is 0 Å². The van der Waals surface area contributed by atoms with Crippen molar-refractivity contribution in [3.05, 3.63) is 12.0 Å². The van der Waals surface area contributed by atoms with Gasteiger partial charge in [-0.25, -0.2) is 0 Å². The first-order valence-electron chi connectivity index (χ1n) is 2.78. The number of methoxy groups -OCH3 is 3. The molecule has 0 aliphatic carbocycles. The minimum absolute atomic E-state index is 0.113. The van der Waals surface area contributed by atoms with E-state index in [2.05, 4.69) is 0 Å². The van der Waals surface area contributed by atoms with Crippen LogP contribution in [0.2, 0.25) is 0 Å². The van der Waals surface area contributed by atoms with E-state index < -0.39 is 0 Å². The Balaban J connectivity index is 3.83. The normalized spacial score (nSPS) is 12.0. The van der Waals surface area contributed by atoms with Gasteiger partial charge in [-0.2, -0.15) is 0 Å². The molecular formula is C6H11O3Sn. The van der Waals surface area contributed by atoms with Crippen molar-refractivity contribution in [2.75, 3.05) is 21.3 Å². The molecule has 0 aliphatic rings. The molecule has 0 heterocycles. The van der Waals surface area contributed by atoms with E-state index in [9.17, 15) is 0 Å². The Morgan fingerprint density at radius 2 is 1.80 bits per heavy atom. The van der Waals surface area contributed by atoms with E-state index in [4.69, 9.17) is 14.2 Å². The first kappa shape index (κ1) is 10.1. The van der Waals surface area contributed by atoms with Crippen molar-refractivity contribution in [1.82, 2.24) is 0 Å². The number of hydrogen-bond donors (Lipinski definition) is 0. The van der Waals surface area contributed by atoms with Gasteiger partial charge in [0, 0.05) is 0 Å². The molecular weight excluding hydrogens is 239 g/mol. The van der Waals surface area contributed by atoms with E-state index >= 15 is 0 Å². The Bertz CT molecular complexity index is 108. The first-order chi connectivity index (χ1) is 4.74. The van der Waals surface area contributed by atoms with E-state index in [0.717, 1.165) is 0 Å². The summed E-state index contributed by atoms with van der Waals surface area (Å²) in [4.78, 5) is 0. The monoisotopic (exact) mass is 251 g/mol. The second-order valence-electron chi connectivity index (χ2n) is 1.55. The molecule has 0 fully saturated rings. The van der Waals surface area contributed by atoms with Gasteiger partial charge >= 0.3 is 74.2 Å². The average molecular weight is 250 g/mol. The Morgan fingerprint density at radius 1 is 1.30 bits per heavy atom. The van der Waals surface area contributed by atoms with Crippen LogP contribution in [-0.4, -0.2) is 48.0 Å². The summed E-state index contributed by atoms with van der Waals surface area (Å²) in [5.74, 6) is 0.503. The molecule has 0 aromatic carbocycles. The van der Waals surface area contributed by atoms with E-state index in [1.165, 1.54) is 22.5 Å². The maximum atomic E-state index is 4.99. The number of hydrogen-bond acceptors (Lipinski definition) is 3. The molecule has 4 heteroatoms. The Kier molecular flexibility index (Phi) is 5.91. The van der Waals surface area contributed by atoms with Crippen LogP contribution >= 0.6 is 0 Å². The zero-order valence-corrected chi connectivity index (χ0v) is 9.23. The molecule has 0 spiro atoms. The summed E-state index contributed by atoms with van der Waals surface area (Å²) in [5.41, 5.74) is 0. The molecule has 57 valence electrons. The molecule has 0 aromatic rings. The fourth-order valence-corrected chi connectivity index (χ4v) is 0.799. The predicted octanol–water partition coefficient (Wildman–Crippen LogP) is 0.262. The fraction of sp³-hybridized carbons (Fsp3) is 0.667. The molecule has 0 saturated heterocycles. The fourth-order valence-electron chi connectivity index (χ4n) is 0.411. The Labute approximate surface area is 74.4 Å². The third-order valence-electron chi connectivity index (χ3n) is 0.944. The molecule has 0 rings (SSSR count). The molecule has 0 aromatic heterocycles. The van der Waals surface area contributed by atoms with Gasteiger partial charge in [0.05, 0.1) is 0 Å². The van der Waals surface area contributed by atoms with Crippen LogP contribution in [0.25, 0.3) is 0 Å². The summed E-state index contributed by atoms with van der Waals surface area (Å²) in [6, 6.07) is 0. The van der Waals surface area contributed by atoms with Gasteiger partial charge in [-0.3, -0.25) is 0 Å². The quantitative estimate of drug-likeness (QED) is 0.529. The van der Waals surface area contributed by atoms with E-state index in [1.807, 2.05) is 0 Å². The van der Waals surface area contributed by atoms with Gasteiger partial charge in [0.2, 0.25) is 0 Å². The summed E-state index contributed by atoms with van der Waals surface area (Å²) in [7, 11) is 4.78. The zero-order valence-electron chi connectivity index (χ0n) is 6.38. The summed E-state index contributed by atoms with van der Waals surface area (Å²) in [6.07, 6.45) is 1.79. The molecule has 0 bridgehead atoms. The summed E-state index contributed by atoms with van der Waals surface area (Å²) in [6.45, 7) is 0. The van der Waals surface area contributed by atoms with Gasteiger partial charge in [-0.1, -0.05) is 0 Å². The number of rotatable bonds is 4. The van der Waals surface area contributed by atoms with Crippen LogP contribution in [0, 0.1) is 0 Å². The van der Waals surface area contributed by atoms with E-state index in [1.54, 1.807) is 27.4 Å². The average Bonchev–Trinajstić information content (AvgIpc) is 1.99. The predicted molar refractivity (Wildman–Crippen MR) is 38.7 cm³/mol. The van der Waals surface area contributed by atoms with Gasteiger partial charge in [0.15, 0.2) is 0 Å². The van der Waals surface area contributed by atoms with Crippen LogP contribution in [-0.2, 0) is 14.2 Å². The first-order valence-corrected chi connectivity index (χ1v) is 4.43. The standard InChI is InChI=1S/C6H11O3.Sn/c1-7-5-4-6(8-2)9-3;/h4-5H,1-3H3;. The summed E-state index contributed by atoms with van der Waals surface area (Å²) < 4.78 is 14.8. The number of ether oxygens (including phenoxy) is 3. The second kappa shape index (κ2) is 5.85. The Hall–Kier alpha value is 0.0987. The van der Waals surface area contributed by atoms with Crippen molar-refractivity contribution >= 4 is 22.5 Å². The van der Waals surface area contributed by atoms with Crippen LogP contribution in [0.4, 0.5) is 0 Å². The molecule has 0 N–H and O–H groups in total. The summed E-state index contributed by atoms with van der Waals surface area (Å²) in [5, 5.41) is 0. The molecule has 3 nitrogen and oxygen atoms in total. The van der Waals surface area contributed by atoms with Crippen molar-refractivity contribution < 1.29 is 14.2 Å². The molecule has 1 atom stereocenters. The Morgan fingerprint density at radius 3 is 2.10 bits per heavy atom. The minimum atomic E-state index is 0.113. The molecule has 0 amide bonds. The van der Waals surface area contributed by atoms with Crippen LogP contribution in [0.3, 0.4) is 0 Å². The molecule has 0 saturated carbocycles. The van der Waals surface area contributed by atoms with Crippen LogP contribution < -0.4 is 0 Å². The third-order valence-corrected chi connectivity index (χ3v) is 2.09. The van der Waals surface area contributed by atoms with Crippen molar-refractivity contribution in [3.8, 4) is 0 Å². The van der Waals surface area contributed by atoms with Crippen molar-refractivity contribution in [2.45, 2.75) is 4.12 Å². The SMILES string of the molecule is COC(=C[CH]([Sn])OC)OC. The van der Waals surface area contributed by atoms with Gasteiger partial charge in [-0.05, 0) is 0 Å². The van der Waals surface area contributed by atoms with Crippen LogP contribution in [0.5, 0.6) is 0 Å². The van der Waals surface area contributed by atoms with Gasteiger partial charge in [0.1, 0.15) is 0 Å². The molecule has 10 heavy (non-hydrogen) atoms. The van der Waals surface area contributed by atoms with Gasteiger partial charge in [0.25, 0.3) is 0 Å². The van der Waals surface area contributed by atoms with Crippen molar-refractivity contribution in [3.63, 3.8) is 0 Å². The third kappa shape index (κ3) is 4.00. The van der Waals surface area contributed by atoms with Gasteiger partial charge in [-0.15, -0.1) is 0 Å². The van der Waals surface area contributed by atoms with Crippen molar-refractivity contribution in [2.24, 2.45) is 0 Å². The topological polar surface area (TPSA) is 27.7 Å². The van der Waals surface area contributed by atoms with Crippen molar-refractivity contribution in [1.29, 1.82) is 0 Å². The zero-order chi connectivity index (χ0) is 7.98.